The number of carboxylic acid groups (broad SMARTS) is 1. The van der Waals surface area contributed by atoms with E-state index in [1.807, 2.05) is 27.7 Å². The number of hydrogen-bond donors (Lipinski definition) is 2. The van der Waals surface area contributed by atoms with Crippen LogP contribution in [0.2, 0.25) is 0 Å². The van der Waals surface area contributed by atoms with E-state index in [0.717, 1.165) is 32.1 Å². The Bertz CT molecular complexity index is 361. The van der Waals surface area contributed by atoms with Crippen LogP contribution < -0.4 is 0 Å². The zero-order valence-corrected chi connectivity index (χ0v) is 15.8. The van der Waals surface area contributed by atoms with Gasteiger partial charge in [-0.3, -0.25) is 4.79 Å². The van der Waals surface area contributed by atoms with Crippen LogP contribution in [0.25, 0.3) is 0 Å². The molecule has 0 saturated carbocycles. The fourth-order valence-corrected chi connectivity index (χ4v) is 4.34. The highest BCUT2D eigenvalue weighted by molar-refractivity contribution is 5.70. The van der Waals surface area contributed by atoms with Crippen LogP contribution in [0.5, 0.6) is 0 Å². The summed E-state index contributed by atoms with van der Waals surface area (Å²) in [7, 11) is 0. The minimum Gasteiger partial charge on any atom is -0.481 e. The molecule has 4 heteroatoms. The Morgan fingerprint density at radius 1 is 1.04 bits per heavy atom. The molecule has 0 radical (unpaired) electrons. The minimum absolute atomic E-state index is 0.136. The Morgan fingerprint density at radius 3 is 2.00 bits per heavy atom. The molecule has 4 nitrogen and oxygen atoms in total. The maximum Gasteiger partial charge on any atom is 0.306 e. The van der Waals surface area contributed by atoms with Crippen LogP contribution in [0.15, 0.2) is 0 Å². The van der Waals surface area contributed by atoms with Crippen molar-refractivity contribution in [2.24, 2.45) is 11.8 Å². The number of aliphatic carboxylic acids is 1. The van der Waals surface area contributed by atoms with Crippen LogP contribution in [-0.2, 0) is 4.79 Å². The van der Waals surface area contributed by atoms with E-state index in [9.17, 15) is 15.1 Å². The zero-order valence-electron chi connectivity index (χ0n) is 15.8. The van der Waals surface area contributed by atoms with Crippen LogP contribution in [0, 0.1) is 11.8 Å². The van der Waals surface area contributed by atoms with Crippen LogP contribution in [0.4, 0.5) is 0 Å². The minimum atomic E-state index is -0.665. The number of unbranched alkanes of at least 4 members (excludes halogenated alkanes) is 5. The Hall–Kier alpha value is -0.610. The number of nitrogens with zero attached hydrogens (tertiary/aromatic N) is 1. The summed E-state index contributed by atoms with van der Waals surface area (Å²) in [5.74, 6) is -0.813. The number of piperidine rings is 1. The van der Waals surface area contributed by atoms with Crippen molar-refractivity contribution in [3.05, 3.63) is 0 Å². The first-order valence-corrected chi connectivity index (χ1v) is 9.34. The van der Waals surface area contributed by atoms with E-state index in [-0.39, 0.29) is 22.9 Å². The first-order valence-electron chi connectivity index (χ1n) is 9.34. The smallest absolute Gasteiger partial charge is 0.306 e. The van der Waals surface area contributed by atoms with Crippen molar-refractivity contribution in [1.82, 2.24) is 5.06 Å². The molecule has 1 heterocycles. The average Bonchev–Trinajstić information content (AvgIpc) is 2.42. The summed E-state index contributed by atoms with van der Waals surface area (Å²) in [6.07, 6.45) is 9.37. The highest BCUT2D eigenvalue weighted by Crippen LogP contribution is 2.44. The van der Waals surface area contributed by atoms with Gasteiger partial charge >= 0.3 is 5.97 Å². The summed E-state index contributed by atoms with van der Waals surface area (Å²) in [6.45, 7) is 10.2. The van der Waals surface area contributed by atoms with Crippen molar-refractivity contribution in [3.8, 4) is 0 Å². The number of rotatable bonds is 9. The van der Waals surface area contributed by atoms with Gasteiger partial charge in [0.1, 0.15) is 0 Å². The summed E-state index contributed by atoms with van der Waals surface area (Å²) in [5.41, 5.74) is -0.748. The molecular formula is C19H37NO3. The Balaban J connectivity index is 2.61. The van der Waals surface area contributed by atoms with E-state index in [2.05, 4.69) is 6.92 Å². The fraction of sp³-hybridized carbons (Fsp3) is 0.947. The van der Waals surface area contributed by atoms with Gasteiger partial charge in [-0.2, -0.15) is 5.06 Å². The molecule has 0 aromatic heterocycles. The van der Waals surface area contributed by atoms with E-state index in [4.69, 9.17) is 0 Å². The topological polar surface area (TPSA) is 60.8 Å². The number of hydrogen-bond acceptors (Lipinski definition) is 3. The third-order valence-corrected chi connectivity index (χ3v) is 5.43. The predicted octanol–water partition coefficient (Wildman–Crippen LogP) is 5.10. The monoisotopic (exact) mass is 327 g/mol. The second-order valence-electron chi connectivity index (χ2n) is 8.61. The van der Waals surface area contributed by atoms with E-state index >= 15 is 0 Å². The van der Waals surface area contributed by atoms with Crippen molar-refractivity contribution in [3.63, 3.8) is 0 Å². The third kappa shape index (κ3) is 5.75. The maximum absolute atomic E-state index is 11.8. The summed E-state index contributed by atoms with van der Waals surface area (Å²) < 4.78 is 0. The summed E-state index contributed by atoms with van der Waals surface area (Å²) >= 11 is 0. The average molecular weight is 328 g/mol. The molecule has 136 valence electrons. The number of carbonyl (C=O) groups is 1. The van der Waals surface area contributed by atoms with E-state index in [1.165, 1.54) is 30.7 Å². The SMILES string of the molecule is CCCCCCCCC(C(=O)O)C1CC(C)(C)N(O)C(C)(C)C1. The largest absolute Gasteiger partial charge is 0.481 e. The highest BCUT2D eigenvalue weighted by Gasteiger charge is 2.48. The van der Waals surface area contributed by atoms with Crippen molar-refractivity contribution >= 4 is 5.97 Å². The first kappa shape index (κ1) is 20.4. The van der Waals surface area contributed by atoms with Gasteiger partial charge in [0.05, 0.1) is 5.92 Å². The van der Waals surface area contributed by atoms with Crippen LogP contribution in [0.3, 0.4) is 0 Å². The molecule has 1 aliphatic rings. The molecule has 0 spiro atoms. The molecule has 0 bridgehead atoms. The molecule has 0 amide bonds. The standard InChI is InChI=1S/C19H37NO3/c1-6-7-8-9-10-11-12-16(17(21)22)15-13-18(2,3)20(23)19(4,5)14-15/h15-16,23H,6-14H2,1-5H3,(H,21,22). The molecule has 2 N–H and O–H groups in total. The van der Waals surface area contributed by atoms with Gasteiger partial charge in [-0.25, -0.2) is 0 Å². The van der Waals surface area contributed by atoms with E-state index < -0.39 is 5.97 Å². The summed E-state index contributed by atoms with van der Waals surface area (Å²) in [5, 5.41) is 21.5. The molecule has 0 aliphatic carbocycles. The van der Waals surface area contributed by atoms with E-state index in [1.54, 1.807) is 0 Å². The Kier molecular flexibility index (Phi) is 7.53. The zero-order chi connectivity index (χ0) is 17.7. The summed E-state index contributed by atoms with van der Waals surface area (Å²) in [6, 6.07) is 0. The van der Waals surface area contributed by atoms with Gasteiger partial charge in [0, 0.05) is 11.1 Å². The van der Waals surface area contributed by atoms with E-state index in [0.29, 0.717) is 0 Å². The van der Waals surface area contributed by atoms with Gasteiger partial charge < -0.3 is 10.3 Å². The lowest BCUT2D eigenvalue weighted by Crippen LogP contribution is -2.60. The van der Waals surface area contributed by atoms with Crippen molar-refractivity contribution in [2.75, 3.05) is 0 Å². The highest BCUT2D eigenvalue weighted by atomic mass is 16.5. The Labute approximate surface area is 142 Å². The van der Waals surface area contributed by atoms with Crippen molar-refractivity contribution in [2.45, 2.75) is 103 Å². The second-order valence-corrected chi connectivity index (χ2v) is 8.61. The molecule has 1 aliphatic heterocycles. The van der Waals surface area contributed by atoms with Gasteiger partial charge in [-0.05, 0) is 52.9 Å². The quantitative estimate of drug-likeness (QED) is 0.579. The molecular weight excluding hydrogens is 290 g/mol. The van der Waals surface area contributed by atoms with Gasteiger partial charge in [-0.15, -0.1) is 0 Å². The van der Waals surface area contributed by atoms with Gasteiger partial charge in [-0.1, -0.05) is 45.4 Å². The molecule has 23 heavy (non-hydrogen) atoms. The Morgan fingerprint density at radius 2 is 1.52 bits per heavy atom. The normalized spacial score (nSPS) is 22.9. The second kappa shape index (κ2) is 8.48. The van der Waals surface area contributed by atoms with Gasteiger partial charge in [0.15, 0.2) is 0 Å². The van der Waals surface area contributed by atoms with Gasteiger partial charge in [0.25, 0.3) is 0 Å². The van der Waals surface area contributed by atoms with Crippen molar-refractivity contribution in [1.29, 1.82) is 0 Å². The number of carboxylic acids is 1. The predicted molar refractivity (Wildman–Crippen MR) is 93.6 cm³/mol. The lowest BCUT2D eigenvalue weighted by atomic mass is 9.69. The van der Waals surface area contributed by atoms with Crippen molar-refractivity contribution < 1.29 is 15.1 Å². The summed E-state index contributed by atoms with van der Waals surface area (Å²) in [4.78, 5) is 11.8. The molecule has 0 aromatic carbocycles. The van der Waals surface area contributed by atoms with Crippen LogP contribution in [-0.4, -0.2) is 32.4 Å². The number of hydroxylamine groups is 2. The molecule has 1 rings (SSSR count). The van der Waals surface area contributed by atoms with Gasteiger partial charge in [0.2, 0.25) is 0 Å². The fourth-order valence-electron chi connectivity index (χ4n) is 4.34. The first-order chi connectivity index (χ1) is 10.6. The molecule has 1 unspecified atom stereocenters. The van der Waals surface area contributed by atoms with Crippen LogP contribution >= 0.6 is 0 Å². The third-order valence-electron chi connectivity index (χ3n) is 5.43. The lowest BCUT2D eigenvalue weighted by Gasteiger charge is -2.52. The maximum atomic E-state index is 11.8. The lowest BCUT2D eigenvalue weighted by molar-refractivity contribution is -0.254. The molecule has 1 saturated heterocycles. The molecule has 1 fully saturated rings. The molecule has 1 atom stereocenters. The molecule has 0 aromatic rings. The van der Waals surface area contributed by atoms with Crippen LogP contribution in [0.1, 0.15) is 92.4 Å².